The van der Waals surface area contributed by atoms with Crippen LogP contribution in [0.2, 0.25) is 0 Å². The predicted octanol–water partition coefficient (Wildman–Crippen LogP) is 7.63. The molecule has 0 bridgehead atoms. The Morgan fingerprint density at radius 3 is 2.67 bits per heavy atom. The summed E-state index contributed by atoms with van der Waals surface area (Å²) < 4.78 is 18.3. The number of ketones is 1. The molecule has 42 heavy (non-hydrogen) atoms. The van der Waals surface area contributed by atoms with Crippen molar-refractivity contribution >= 4 is 49.3 Å². The van der Waals surface area contributed by atoms with E-state index in [1.165, 1.54) is 23.3 Å². The Bertz CT molecular complexity index is 1850. The number of Topliss-reactive ketones (excluding diaryl/α,β-unsaturated/α-hetero) is 1. The van der Waals surface area contributed by atoms with Crippen LogP contribution >= 0.6 is 11.3 Å². The Kier molecular flexibility index (Phi) is 7.20. The van der Waals surface area contributed by atoms with Crippen LogP contribution in [0.1, 0.15) is 53.1 Å². The van der Waals surface area contributed by atoms with Crippen LogP contribution in [0, 0.1) is 13.8 Å². The van der Waals surface area contributed by atoms with E-state index in [1.807, 2.05) is 44.2 Å². The Balaban J connectivity index is 1.50. The zero-order valence-electron chi connectivity index (χ0n) is 23.8. The lowest BCUT2D eigenvalue weighted by Gasteiger charge is -2.25. The normalized spacial score (nSPS) is 15.3. The molecule has 0 fully saturated rings. The lowest BCUT2D eigenvalue weighted by Crippen LogP contribution is -2.31. The van der Waals surface area contributed by atoms with Crippen LogP contribution in [0.5, 0.6) is 11.5 Å². The quantitative estimate of drug-likeness (QED) is 0.141. The highest BCUT2D eigenvalue weighted by Gasteiger charge is 2.47. The Labute approximate surface area is 246 Å². The lowest BCUT2D eigenvalue weighted by molar-refractivity contribution is -0.117. The fourth-order valence-electron chi connectivity index (χ4n) is 5.34. The molecule has 3 aromatic carbocycles. The molecule has 8 nitrogen and oxygen atoms in total. The van der Waals surface area contributed by atoms with Crippen LogP contribution < -0.4 is 14.4 Å². The van der Waals surface area contributed by atoms with Crippen LogP contribution in [0.15, 0.2) is 76.4 Å². The van der Waals surface area contributed by atoms with Gasteiger partial charge in [0.1, 0.15) is 5.58 Å². The van der Waals surface area contributed by atoms with Gasteiger partial charge in [0.15, 0.2) is 28.1 Å². The maximum Gasteiger partial charge on any atom is 0.296 e. The summed E-state index contributed by atoms with van der Waals surface area (Å²) in [5.74, 6) is -0.904. The molecule has 0 saturated heterocycles. The minimum Gasteiger partial charge on any atom is -0.503 e. The number of anilines is 1. The van der Waals surface area contributed by atoms with Crippen molar-refractivity contribution in [3.05, 3.63) is 94.4 Å². The minimum absolute atomic E-state index is 0.0275. The summed E-state index contributed by atoms with van der Waals surface area (Å²) in [6, 6.07) is 17.2. The number of ether oxygens (including phenoxy) is 2. The summed E-state index contributed by atoms with van der Waals surface area (Å²) in [6.45, 7) is 6.58. The zero-order valence-corrected chi connectivity index (χ0v) is 24.6. The van der Waals surface area contributed by atoms with E-state index in [0.717, 1.165) is 39.6 Å². The number of carbonyl (C=O) groups excluding carboxylic acids is 2. The molecule has 1 amide bonds. The Hall–Kier alpha value is -4.63. The van der Waals surface area contributed by atoms with Gasteiger partial charge in [0.05, 0.1) is 35.5 Å². The van der Waals surface area contributed by atoms with Crippen LogP contribution in [0.4, 0.5) is 5.13 Å². The molecule has 1 N–H and O–H groups in total. The molecule has 0 saturated carbocycles. The van der Waals surface area contributed by atoms with Gasteiger partial charge >= 0.3 is 0 Å². The molecule has 0 aliphatic carbocycles. The lowest BCUT2D eigenvalue weighted by atomic mass is 9.95. The number of nitrogens with zero attached hydrogens (tertiary/aromatic N) is 2. The minimum atomic E-state index is -0.987. The standard InChI is InChI=1S/C33H30N2O6S/c1-5-6-13-40-23-12-11-21(17-24(23)39-4)29-27(30(36)25-16-20-9-7-8-10-22(20)41-25)31(37)32(38)35(29)33-34-28-19(3)14-18(2)15-26(28)42-33/h7-12,14-17,29,37H,5-6,13H2,1-4H3/t29-/m1/s1. The van der Waals surface area contributed by atoms with E-state index in [0.29, 0.717) is 34.4 Å². The highest BCUT2D eigenvalue weighted by atomic mass is 32.1. The second kappa shape index (κ2) is 11.0. The number of rotatable bonds is 9. The number of amides is 1. The first-order valence-corrected chi connectivity index (χ1v) is 14.6. The monoisotopic (exact) mass is 582 g/mol. The van der Waals surface area contributed by atoms with Gasteiger partial charge in [-0.2, -0.15) is 0 Å². The van der Waals surface area contributed by atoms with Crippen molar-refractivity contribution in [2.45, 2.75) is 39.7 Å². The number of aromatic nitrogens is 1. The number of aryl methyl sites for hydroxylation is 2. The molecule has 2 aromatic heterocycles. The fourth-order valence-corrected chi connectivity index (χ4v) is 6.51. The first-order chi connectivity index (χ1) is 20.3. The van der Waals surface area contributed by atoms with Crippen molar-refractivity contribution in [3.8, 4) is 11.5 Å². The van der Waals surface area contributed by atoms with Crippen molar-refractivity contribution in [1.29, 1.82) is 0 Å². The molecule has 0 spiro atoms. The molecule has 5 aromatic rings. The van der Waals surface area contributed by atoms with Gasteiger partial charge in [-0.1, -0.05) is 55.0 Å². The Morgan fingerprint density at radius 2 is 1.90 bits per heavy atom. The maximum absolute atomic E-state index is 14.0. The molecule has 1 atom stereocenters. The van der Waals surface area contributed by atoms with Gasteiger partial charge in [-0.05, 0) is 67.3 Å². The van der Waals surface area contributed by atoms with Crippen molar-refractivity contribution < 1.29 is 28.6 Å². The highest BCUT2D eigenvalue weighted by molar-refractivity contribution is 7.22. The summed E-state index contributed by atoms with van der Waals surface area (Å²) in [5, 5.41) is 12.4. The maximum atomic E-state index is 14.0. The average Bonchev–Trinajstić information content (AvgIpc) is 3.67. The van der Waals surface area contributed by atoms with Crippen LogP contribution in [-0.4, -0.2) is 35.5 Å². The number of aliphatic hydroxyl groups excluding tert-OH is 1. The van der Waals surface area contributed by atoms with Crippen LogP contribution in [0.3, 0.4) is 0 Å². The van der Waals surface area contributed by atoms with E-state index in [9.17, 15) is 14.7 Å². The Morgan fingerprint density at radius 1 is 1.10 bits per heavy atom. The molecule has 214 valence electrons. The molecular weight excluding hydrogens is 552 g/mol. The smallest absolute Gasteiger partial charge is 0.296 e. The first-order valence-electron chi connectivity index (χ1n) is 13.8. The summed E-state index contributed by atoms with van der Waals surface area (Å²) in [6.07, 6.45) is 1.87. The molecular formula is C33H30N2O6S. The van der Waals surface area contributed by atoms with Gasteiger partial charge < -0.3 is 19.0 Å². The number of furan rings is 1. The SMILES string of the molecule is CCCCOc1ccc([C@@H]2C(C(=O)c3cc4ccccc4o3)=C(O)C(=O)N2c2nc3c(C)cc(C)cc3s2)cc1OC. The number of benzene rings is 3. The second-order valence-corrected chi connectivity index (χ2v) is 11.4. The van der Waals surface area contributed by atoms with E-state index in [4.69, 9.17) is 18.9 Å². The molecule has 0 unspecified atom stereocenters. The predicted molar refractivity (Wildman–Crippen MR) is 163 cm³/mol. The van der Waals surface area contributed by atoms with Crippen LogP contribution in [0.25, 0.3) is 21.2 Å². The molecule has 9 heteroatoms. The van der Waals surface area contributed by atoms with Gasteiger partial charge in [-0.3, -0.25) is 14.5 Å². The highest BCUT2D eigenvalue weighted by Crippen LogP contribution is 2.46. The van der Waals surface area contributed by atoms with Crippen molar-refractivity contribution in [2.24, 2.45) is 0 Å². The summed E-state index contributed by atoms with van der Waals surface area (Å²) >= 11 is 1.33. The van der Waals surface area contributed by atoms with Gasteiger partial charge in [-0.25, -0.2) is 4.98 Å². The molecule has 1 aliphatic rings. The van der Waals surface area contributed by atoms with Crippen molar-refractivity contribution in [1.82, 2.24) is 4.98 Å². The zero-order chi connectivity index (χ0) is 29.5. The number of aliphatic hydroxyl groups is 1. The van der Waals surface area contributed by atoms with E-state index in [2.05, 4.69) is 6.92 Å². The van der Waals surface area contributed by atoms with Gasteiger partial charge in [-0.15, -0.1) is 0 Å². The number of hydrogen-bond acceptors (Lipinski definition) is 8. The van der Waals surface area contributed by atoms with Gasteiger partial charge in [0.2, 0.25) is 5.78 Å². The third kappa shape index (κ3) is 4.69. The number of para-hydroxylation sites is 1. The third-order valence-corrected chi connectivity index (χ3v) is 8.39. The van der Waals surface area contributed by atoms with Gasteiger partial charge in [0, 0.05) is 5.39 Å². The number of hydrogen-bond donors (Lipinski definition) is 1. The number of fused-ring (bicyclic) bond motifs is 2. The van der Waals surface area contributed by atoms with Crippen LogP contribution in [-0.2, 0) is 4.79 Å². The first kappa shape index (κ1) is 27.5. The molecule has 3 heterocycles. The number of thiazole rings is 1. The molecule has 6 rings (SSSR count). The summed E-state index contributed by atoms with van der Waals surface area (Å²) in [4.78, 5) is 34.0. The molecule has 0 radical (unpaired) electrons. The topological polar surface area (TPSA) is 102 Å². The average molecular weight is 583 g/mol. The van der Waals surface area contributed by atoms with Crippen molar-refractivity contribution in [3.63, 3.8) is 0 Å². The largest absolute Gasteiger partial charge is 0.503 e. The summed E-state index contributed by atoms with van der Waals surface area (Å²) in [7, 11) is 1.54. The van der Waals surface area contributed by atoms with E-state index >= 15 is 0 Å². The van der Waals surface area contributed by atoms with E-state index in [1.54, 1.807) is 30.3 Å². The van der Waals surface area contributed by atoms with E-state index < -0.39 is 23.5 Å². The second-order valence-electron chi connectivity index (χ2n) is 10.4. The van der Waals surface area contributed by atoms with Gasteiger partial charge in [0.25, 0.3) is 5.91 Å². The third-order valence-electron chi connectivity index (χ3n) is 7.39. The number of methoxy groups -OCH3 is 1. The van der Waals surface area contributed by atoms with E-state index in [-0.39, 0.29) is 11.3 Å². The van der Waals surface area contributed by atoms with Crippen molar-refractivity contribution in [2.75, 3.05) is 18.6 Å². The number of carbonyl (C=O) groups is 2. The summed E-state index contributed by atoms with van der Waals surface area (Å²) in [5.41, 5.74) is 3.81. The molecule has 1 aliphatic heterocycles. The number of unbranched alkanes of at least 4 members (excludes halogenated alkanes) is 1. The fraction of sp³-hybridized carbons (Fsp3) is 0.242.